The van der Waals surface area contributed by atoms with Gasteiger partial charge in [0.2, 0.25) is 11.3 Å². The van der Waals surface area contributed by atoms with Crippen molar-refractivity contribution in [2.75, 3.05) is 0 Å². The van der Waals surface area contributed by atoms with Crippen molar-refractivity contribution < 1.29 is 13.9 Å². The van der Waals surface area contributed by atoms with E-state index in [-0.39, 0.29) is 17.9 Å². The lowest BCUT2D eigenvalue weighted by Crippen LogP contribution is -2.00. The van der Waals surface area contributed by atoms with Crippen molar-refractivity contribution in [1.82, 2.24) is 4.98 Å². The van der Waals surface area contributed by atoms with Gasteiger partial charge in [0.1, 0.15) is 0 Å². The van der Waals surface area contributed by atoms with Gasteiger partial charge >= 0.3 is 5.97 Å². The molecular formula is C20H19NO4. The predicted molar refractivity (Wildman–Crippen MR) is 94.7 cm³/mol. The molecule has 25 heavy (non-hydrogen) atoms. The van der Waals surface area contributed by atoms with Gasteiger partial charge in [-0.05, 0) is 60.7 Å². The average molecular weight is 337 g/mol. The number of aromatic nitrogens is 1. The van der Waals surface area contributed by atoms with Gasteiger partial charge in [0.25, 0.3) is 0 Å². The van der Waals surface area contributed by atoms with Crippen LogP contribution in [0.3, 0.4) is 0 Å². The summed E-state index contributed by atoms with van der Waals surface area (Å²) >= 11 is 0. The topological polar surface area (TPSA) is 69.4 Å². The van der Waals surface area contributed by atoms with Crippen LogP contribution in [0.4, 0.5) is 0 Å². The minimum Gasteiger partial charge on any atom is -0.456 e. The van der Waals surface area contributed by atoms with E-state index >= 15 is 0 Å². The van der Waals surface area contributed by atoms with Gasteiger partial charge in [0.15, 0.2) is 17.7 Å². The number of ether oxygens (including phenoxy) is 1. The molecule has 1 aliphatic carbocycles. The number of oxazole rings is 1. The van der Waals surface area contributed by atoms with Crippen molar-refractivity contribution in [3.05, 3.63) is 51.0 Å². The van der Waals surface area contributed by atoms with Gasteiger partial charge in [-0.15, -0.1) is 0 Å². The maximum Gasteiger partial charge on any atom is 0.303 e. The van der Waals surface area contributed by atoms with Crippen molar-refractivity contribution in [1.29, 1.82) is 0 Å². The molecule has 0 N–H and O–H groups in total. The Morgan fingerprint density at radius 2 is 2.08 bits per heavy atom. The molecular weight excluding hydrogens is 318 g/mol. The quantitative estimate of drug-likeness (QED) is 0.678. The van der Waals surface area contributed by atoms with E-state index in [1.54, 1.807) is 6.07 Å². The highest BCUT2D eigenvalue weighted by Crippen LogP contribution is 2.44. The summed E-state index contributed by atoms with van der Waals surface area (Å²) in [7, 11) is 0. The lowest BCUT2D eigenvalue weighted by Gasteiger charge is -2.07. The lowest BCUT2D eigenvalue weighted by molar-refractivity contribution is -0.142. The Bertz CT molecular complexity index is 1080. The Balaban J connectivity index is 2.07. The minimum absolute atomic E-state index is 0.0744. The average Bonchev–Trinajstić information content (AvgIpc) is 3.33. The van der Waals surface area contributed by atoms with E-state index in [0.29, 0.717) is 17.0 Å². The van der Waals surface area contributed by atoms with E-state index in [2.05, 4.69) is 18.8 Å². The number of fused-ring (bicyclic) bond motifs is 3. The van der Waals surface area contributed by atoms with Gasteiger partial charge < -0.3 is 9.15 Å². The fraction of sp³-hybridized carbons (Fsp3) is 0.350. The van der Waals surface area contributed by atoms with Gasteiger partial charge in [0, 0.05) is 12.3 Å². The number of hydrogen-bond acceptors (Lipinski definition) is 5. The summed E-state index contributed by atoms with van der Waals surface area (Å²) in [4.78, 5) is 28.1. The number of carbonyl (C=O) groups excluding carboxylic acids is 1. The summed E-state index contributed by atoms with van der Waals surface area (Å²) in [5.41, 5.74) is 4.05. The van der Waals surface area contributed by atoms with E-state index < -0.39 is 5.97 Å². The molecule has 5 heteroatoms. The molecule has 5 nitrogen and oxygen atoms in total. The summed E-state index contributed by atoms with van der Waals surface area (Å²) in [5, 5.41) is 1.98. The SMILES string of the molecule is CC(=O)OCc1nc2c(=O)cc(C3CC3)c3c(C)c(C)ccc3c2o1. The first-order valence-electron chi connectivity index (χ1n) is 8.45. The summed E-state index contributed by atoms with van der Waals surface area (Å²) < 4.78 is 10.8. The smallest absolute Gasteiger partial charge is 0.303 e. The standard InChI is InChI=1S/C20H19NO4/c1-10-4-7-14-18(11(10)2)15(13-5-6-13)8-16(23)19-20(14)25-17(21-19)9-24-12(3)22/h4,7-8,13H,5-6,9H2,1-3H3. The summed E-state index contributed by atoms with van der Waals surface area (Å²) in [6, 6.07) is 5.74. The molecule has 0 aliphatic heterocycles. The molecule has 1 saturated carbocycles. The molecule has 0 radical (unpaired) electrons. The second-order valence-corrected chi connectivity index (χ2v) is 6.73. The lowest BCUT2D eigenvalue weighted by atomic mass is 9.97. The van der Waals surface area contributed by atoms with Crippen LogP contribution in [0.2, 0.25) is 0 Å². The fourth-order valence-corrected chi connectivity index (χ4v) is 3.31. The van der Waals surface area contributed by atoms with Gasteiger partial charge in [-0.25, -0.2) is 4.98 Å². The second kappa shape index (κ2) is 5.69. The van der Waals surface area contributed by atoms with Crippen molar-refractivity contribution in [2.45, 2.75) is 46.1 Å². The Morgan fingerprint density at radius 3 is 2.76 bits per heavy atom. The van der Waals surface area contributed by atoms with Crippen LogP contribution in [-0.4, -0.2) is 11.0 Å². The van der Waals surface area contributed by atoms with Crippen molar-refractivity contribution in [2.24, 2.45) is 0 Å². The molecule has 1 aliphatic rings. The molecule has 0 bridgehead atoms. The summed E-state index contributed by atoms with van der Waals surface area (Å²) in [6.07, 6.45) is 2.22. The van der Waals surface area contributed by atoms with Crippen molar-refractivity contribution in [3.63, 3.8) is 0 Å². The zero-order chi connectivity index (χ0) is 17.7. The predicted octanol–water partition coefficient (Wildman–Crippen LogP) is 3.90. The molecule has 1 aromatic heterocycles. The van der Waals surface area contributed by atoms with E-state index in [4.69, 9.17) is 9.15 Å². The fourth-order valence-electron chi connectivity index (χ4n) is 3.31. The van der Waals surface area contributed by atoms with Crippen LogP contribution in [-0.2, 0) is 16.1 Å². The minimum atomic E-state index is -0.414. The van der Waals surface area contributed by atoms with E-state index in [9.17, 15) is 9.59 Å². The molecule has 1 fully saturated rings. The highest BCUT2D eigenvalue weighted by atomic mass is 16.5. The number of benzene rings is 1. The van der Waals surface area contributed by atoms with Crippen LogP contribution < -0.4 is 5.43 Å². The van der Waals surface area contributed by atoms with Crippen LogP contribution in [0.15, 0.2) is 27.4 Å². The monoisotopic (exact) mass is 337 g/mol. The number of esters is 1. The third-order valence-electron chi connectivity index (χ3n) is 4.88. The molecule has 2 aromatic carbocycles. The second-order valence-electron chi connectivity index (χ2n) is 6.73. The van der Waals surface area contributed by atoms with Crippen LogP contribution in [0.5, 0.6) is 0 Å². The number of aryl methyl sites for hydroxylation is 2. The highest BCUT2D eigenvalue weighted by Gasteiger charge is 2.27. The first-order valence-corrected chi connectivity index (χ1v) is 8.45. The van der Waals surface area contributed by atoms with E-state index in [1.165, 1.54) is 12.5 Å². The Morgan fingerprint density at radius 1 is 1.32 bits per heavy atom. The largest absolute Gasteiger partial charge is 0.456 e. The Hall–Kier alpha value is -2.69. The van der Waals surface area contributed by atoms with E-state index in [1.807, 2.05) is 12.1 Å². The summed E-state index contributed by atoms with van der Waals surface area (Å²) in [6.45, 7) is 5.40. The van der Waals surface area contributed by atoms with Crippen LogP contribution in [0.1, 0.15) is 48.3 Å². The van der Waals surface area contributed by atoms with Gasteiger partial charge in [-0.3, -0.25) is 9.59 Å². The number of rotatable bonds is 3. The molecule has 0 spiro atoms. The maximum atomic E-state index is 12.8. The number of hydrogen-bond donors (Lipinski definition) is 0. The van der Waals surface area contributed by atoms with Crippen LogP contribution in [0, 0.1) is 13.8 Å². The highest BCUT2D eigenvalue weighted by molar-refractivity contribution is 6.04. The first-order chi connectivity index (χ1) is 12.0. The molecule has 0 unspecified atom stereocenters. The molecule has 1 heterocycles. The summed E-state index contributed by atoms with van der Waals surface area (Å²) in [5.74, 6) is 0.260. The van der Waals surface area contributed by atoms with Gasteiger partial charge in [-0.2, -0.15) is 0 Å². The van der Waals surface area contributed by atoms with E-state index in [0.717, 1.165) is 34.7 Å². The maximum absolute atomic E-state index is 12.8. The van der Waals surface area contributed by atoms with Crippen molar-refractivity contribution >= 4 is 27.8 Å². The molecule has 0 saturated heterocycles. The van der Waals surface area contributed by atoms with Gasteiger partial charge in [-0.1, -0.05) is 12.1 Å². The Labute approximate surface area is 144 Å². The number of carbonyl (C=O) groups is 1. The third-order valence-corrected chi connectivity index (χ3v) is 4.88. The zero-order valence-electron chi connectivity index (χ0n) is 14.5. The molecule has 128 valence electrons. The molecule has 3 aromatic rings. The zero-order valence-corrected chi connectivity index (χ0v) is 14.5. The first kappa shape index (κ1) is 15.8. The molecule has 0 amide bonds. The van der Waals surface area contributed by atoms with Gasteiger partial charge in [0.05, 0.1) is 0 Å². The molecule has 4 rings (SSSR count). The Kier molecular flexibility index (Phi) is 3.60. The third kappa shape index (κ3) is 2.69. The van der Waals surface area contributed by atoms with Crippen LogP contribution >= 0.6 is 0 Å². The normalized spacial score (nSPS) is 14.2. The van der Waals surface area contributed by atoms with Crippen LogP contribution in [0.25, 0.3) is 21.9 Å². The number of nitrogens with zero attached hydrogens (tertiary/aromatic N) is 1. The van der Waals surface area contributed by atoms with Crippen molar-refractivity contribution in [3.8, 4) is 0 Å². The molecule has 0 atom stereocenters.